The smallest absolute Gasteiger partial charge is 0.474 e. The van der Waals surface area contributed by atoms with Crippen molar-refractivity contribution in [3.63, 3.8) is 0 Å². The highest BCUT2D eigenvalue weighted by molar-refractivity contribution is 6.89. The van der Waals surface area contributed by atoms with Crippen LogP contribution in [0.15, 0.2) is 0 Å². The van der Waals surface area contributed by atoms with Crippen LogP contribution >= 0.6 is 0 Å². The fraction of sp³-hybridized carbons (Fsp3) is 0.750. The summed E-state index contributed by atoms with van der Waals surface area (Å²) in [6.45, 7) is 8.86. The van der Waals surface area contributed by atoms with E-state index in [1.54, 1.807) is 13.1 Å². The van der Waals surface area contributed by atoms with Crippen LogP contribution in [0.2, 0.25) is 19.1 Å². The van der Waals surface area contributed by atoms with Crippen molar-refractivity contribution in [1.82, 2.24) is 0 Å². The summed E-state index contributed by atoms with van der Waals surface area (Å²) >= 11 is 0. The molecule has 0 bridgehead atoms. The zero-order chi connectivity index (χ0) is 18.6. The number of hydrogen-bond acceptors (Lipinski definition) is 9. The van der Waals surface area contributed by atoms with Gasteiger partial charge in [0.2, 0.25) is 0 Å². The first-order chi connectivity index (χ1) is 10.9. The van der Waals surface area contributed by atoms with E-state index in [1.807, 2.05) is 6.92 Å². The minimum absolute atomic E-state index is 0.320. The Labute approximate surface area is 144 Å². The second kappa shape index (κ2) is 7.88. The molecule has 1 heterocycles. The topological polar surface area (TPSA) is 107 Å². The van der Waals surface area contributed by atoms with E-state index in [9.17, 15) is 14.4 Å². The number of carbonyl (C=O) groups is 3. The van der Waals surface area contributed by atoms with Crippen LogP contribution < -0.4 is 0 Å². The lowest BCUT2D eigenvalue weighted by molar-refractivity contribution is -0.148. The van der Waals surface area contributed by atoms with Gasteiger partial charge in [-0.3, -0.25) is 14.4 Å². The molecule has 0 saturated carbocycles. The Kier molecular flexibility index (Phi) is 6.89. The second-order valence-electron chi connectivity index (χ2n) is 5.77. The normalized spacial score (nSPS) is 24.8. The van der Waals surface area contributed by atoms with Gasteiger partial charge in [0.25, 0.3) is 17.9 Å². The molecule has 1 saturated heterocycles. The SMILES string of the molecule is CCCC[Si]1(OC(C)=O)O[Si](C)(C)O[Si](OC(C)=O)(OC(C)=O)O1. The molecule has 0 aromatic rings. The lowest BCUT2D eigenvalue weighted by Crippen LogP contribution is -2.72. The predicted molar refractivity (Wildman–Crippen MR) is 87.3 cm³/mol. The molecular formula is C12H24O9Si3. The van der Waals surface area contributed by atoms with Gasteiger partial charge in [0.1, 0.15) is 0 Å². The molecule has 0 N–H and O–H groups in total. The zero-order valence-corrected chi connectivity index (χ0v) is 17.8. The van der Waals surface area contributed by atoms with Crippen molar-refractivity contribution in [3.05, 3.63) is 0 Å². The van der Waals surface area contributed by atoms with E-state index in [4.69, 9.17) is 25.6 Å². The van der Waals surface area contributed by atoms with E-state index in [1.165, 1.54) is 6.92 Å². The molecule has 138 valence electrons. The Bertz CT molecular complexity index is 494. The Hall–Kier alpha value is -1.06. The molecule has 0 radical (unpaired) electrons. The Morgan fingerprint density at radius 2 is 1.33 bits per heavy atom. The average molecular weight is 397 g/mol. The van der Waals surface area contributed by atoms with Crippen LogP contribution in [-0.2, 0) is 40.0 Å². The summed E-state index contributed by atoms with van der Waals surface area (Å²) in [5.74, 6) is -2.04. The number of hydrogen-bond donors (Lipinski definition) is 0. The second-order valence-corrected chi connectivity index (χ2v) is 14.5. The number of carbonyl (C=O) groups excluding carboxylic acids is 3. The van der Waals surface area contributed by atoms with Crippen LogP contribution in [-0.4, -0.2) is 44.3 Å². The van der Waals surface area contributed by atoms with E-state index < -0.39 is 44.3 Å². The number of unbranched alkanes of at least 4 members (excludes halogenated alkanes) is 1. The monoisotopic (exact) mass is 396 g/mol. The maximum atomic E-state index is 11.6. The molecule has 0 aromatic carbocycles. The van der Waals surface area contributed by atoms with Gasteiger partial charge in [0.05, 0.1) is 0 Å². The molecule has 9 nitrogen and oxygen atoms in total. The summed E-state index contributed by atoms with van der Waals surface area (Å²) in [4.78, 5) is 34.6. The van der Waals surface area contributed by atoms with Gasteiger partial charge in [-0.15, -0.1) is 0 Å². The van der Waals surface area contributed by atoms with Crippen molar-refractivity contribution in [2.24, 2.45) is 0 Å². The van der Waals surface area contributed by atoms with Crippen LogP contribution in [0, 0.1) is 0 Å². The molecule has 1 aliphatic heterocycles. The summed E-state index contributed by atoms with van der Waals surface area (Å²) in [5, 5.41) is 0. The highest BCUT2D eigenvalue weighted by Crippen LogP contribution is 2.36. The summed E-state index contributed by atoms with van der Waals surface area (Å²) in [7, 11) is -10.7. The number of rotatable bonds is 6. The van der Waals surface area contributed by atoms with E-state index in [2.05, 4.69) is 0 Å². The summed E-state index contributed by atoms with van der Waals surface area (Å²) in [5.41, 5.74) is 0. The van der Waals surface area contributed by atoms with Crippen LogP contribution in [0.1, 0.15) is 40.5 Å². The molecule has 1 rings (SSSR count). The fourth-order valence-corrected chi connectivity index (χ4v) is 14.6. The zero-order valence-electron chi connectivity index (χ0n) is 14.8. The largest absolute Gasteiger partial charge is 0.808 e. The van der Waals surface area contributed by atoms with Gasteiger partial charge in [-0.05, 0) is 19.5 Å². The Morgan fingerprint density at radius 3 is 1.75 bits per heavy atom. The minimum atomic E-state index is -4.17. The summed E-state index contributed by atoms with van der Waals surface area (Å²) < 4.78 is 33.1. The maximum Gasteiger partial charge on any atom is 0.808 e. The first-order valence-electron chi connectivity index (χ1n) is 7.62. The van der Waals surface area contributed by atoms with Gasteiger partial charge in [-0.2, -0.15) is 0 Å². The van der Waals surface area contributed by atoms with Crippen LogP contribution in [0.3, 0.4) is 0 Å². The molecule has 0 aromatic heterocycles. The molecule has 1 atom stereocenters. The van der Waals surface area contributed by atoms with Crippen molar-refractivity contribution in [3.8, 4) is 0 Å². The Morgan fingerprint density at radius 1 is 0.833 bits per heavy atom. The molecule has 0 aliphatic carbocycles. The lowest BCUT2D eigenvalue weighted by atomic mass is 10.4. The summed E-state index contributed by atoms with van der Waals surface area (Å²) in [6, 6.07) is 0.320. The molecular weight excluding hydrogens is 372 g/mol. The van der Waals surface area contributed by atoms with Crippen LogP contribution in [0.25, 0.3) is 0 Å². The van der Waals surface area contributed by atoms with Crippen molar-refractivity contribution in [2.75, 3.05) is 0 Å². The Balaban J connectivity index is 3.30. The van der Waals surface area contributed by atoms with Gasteiger partial charge in [0, 0.05) is 26.8 Å². The molecule has 0 amide bonds. The first kappa shape index (κ1) is 21.0. The molecule has 12 heteroatoms. The third kappa shape index (κ3) is 6.10. The maximum absolute atomic E-state index is 11.6. The van der Waals surface area contributed by atoms with E-state index in [-0.39, 0.29) is 0 Å². The predicted octanol–water partition coefficient (Wildman–Crippen LogP) is 1.62. The van der Waals surface area contributed by atoms with E-state index >= 15 is 0 Å². The van der Waals surface area contributed by atoms with Gasteiger partial charge in [-0.1, -0.05) is 13.3 Å². The molecule has 1 unspecified atom stereocenters. The van der Waals surface area contributed by atoms with Crippen molar-refractivity contribution in [1.29, 1.82) is 0 Å². The van der Waals surface area contributed by atoms with Crippen molar-refractivity contribution >= 4 is 44.3 Å². The first-order valence-corrected chi connectivity index (χ1v) is 14.0. The third-order valence-electron chi connectivity index (χ3n) is 2.73. The van der Waals surface area contributed by atoms with E-state index in [0.29, 0.717) is 12.5 Å². The van der Waals surface area contributed by atoms with Gasteiger partial charge < -0.3 is 25.6 Å². The van der Waals surface area contributed by atoms with Crippen molar-refractivity contribution in [2.45, 2.75) is 59.7 Å². The van der Waals surface area contributed by atoms with Gasteiger partial charge in [-0.25, -0.2) is 0 Å². The standard InChI is InChI=1S/C12H24O9Si3/c1-7-8-9-23(16-10(2)13)19-22(5,6)20-24(21-23,17-11(3)14)18-12(4)15/h7-9H2,1-6H3. The third-order valence-corrected chi connectivity index (χ3v) is 13.8. The van der Waals surface area contributed by atoms with Crippen LogP contribution in [0.5, 0.6) is 0 Å². The van der Waals surface area contributed by atoms with Crippen LogP contribution in [0.4, 0.5) is 0 Å². The molecule has 24 heavy (non-hydrogen) atoms. The molecule has 1 aliphatic rings. The van der Waals surface area contributed by atoms with Gasteiger partial charge >= 0.3 is 26.4 Å². The molecule has 1 fully saturated rings. The van der Waals surface area contributed by atoms with Gasteiger partial charge in [0.15, 0.2) is 0 Å². The highest BCUT2D eigenvalue weighted by atomic mass is 28.5. The average Bonchev–Trinajstić information content (AvgIpc) is 2.30. The lowest BCUT2D eigenvalue weighted by Gasteiger charge is -2.45. The fourth-order valence-electron chi connectivity index (χ4n) is 2.19. The highest BCUT2D eigenvalue weighted by Gasteiger charge is 2.71. The summed E-state index contributed by atoms with van der Waals surface area (Å²) in [6.07, 6.45) is 1.47. The quantitative estimate of drug-likeness (QED) is 0.619. The van der Waals surface area contributed by atoms with Crippen molar-refractivity contribution < 1.29 is 40.0 Å². The molecule has 0 spiro atoms. The minimum Gasteiger partial charge on any atom is -0.474 e. The van der Waals surface area contributed by atoms with E-state index in [0.717, 1.165) is 20.3 Å².